The van der Waals surface area contributed by atoms with Gasteiger partial charge >= 0.3 is 0 Å². The zero-order chi connectivity index (χ0) is 26.8. The van der Waals surface area contributed by atoms with Crippen LogP contribution in [0.1, 0.15) is 37.9 Å². The minimum absolute atomic E-state index is 0.107. The van der Waals surface area contributed by atoms with Crippen molar-refractivity contribution in [1.29, 1.82) is 0 Å². The summed E-state index contributed by atoms with van der Waals surface area (Å²) >= 11 is 7.52. The quantitative estimate of drug-likeness (QED) is 0.470. The van der Waals surface area contributed by atoms with Gasteiger partial charge in [-0.25, -0.2) is 4.99 Å². The van der Waals surface area contributed by atoms with E-state index in [2.05, 4.69) is 17.0 Å². The van der Waals surface area contributed by atoms with E-state index in [1.54, 1.807) is 21.6 Å². The Hall–Kier alpha value is -3.20. The lowest BCUT2D eigenvalue weighted by atomic mass is 9.94. The largest absolute Gasteiger partial charge is 0.378 e. The molecule has 0 saturated carbocycles. The summed E-state index contributed by atoms with van der Waals surface area (Å²) in [7, 11) is 0. The molecule has 7 nitrogen and oxygen atoms in total. The minimum Gasteiger partial charge on any atom is -0.378 e. The first-order valence-corrected chi connectivity index (χ1v) is 14.1. The molecule has 1 fully saturated rings. The fraction of sp³-hybridized carbons (Fsp3) is 0.345. The minimum atomic E-state index is -0.581. The number of hydrogen-bond acceptors (Lipinski definition) is 6. The standard InChI is InChI=1S/C29H31ClN4O3S/c1-4-32(5-2)28(36)25-19(3)31-29-34(26(25)21-8-10-22(30)11-9-21)27(35)24(38-29)18-20-6-12-23(13-7-20)33-14-16-37-17-15-33/h6-13,18,26H,4-5,14-17H2,1-3H3/b24-18-/t26-/m0/s1. The van der Waals surface area contributed by atoms with E-state index in [9.17, 15) is 9.59 Å². The summed E-state index contributed by atoms with van der Waals surface area (Å²) in [5.74, 6) is -0.107. The number of carbonyl (C=O) groups is 1. The summed E-state index contributed by atoms with van der Waals surface area (Å²) in [4.78, 5) is 36.9. The molecule has 9 heteroatoms. The summed E-state index contributed by atoms with van der Waals surface area (Å²) in [6.45, 7) is 10.1. The molecule has 2 aliphatic rings. The highest BCUT2D eigenvalue weighted by molar-refractivity contribution is 7.07. The van der Waals surface area contributed by atoms with Crippen molar-refractivity contribution in [3.05, 3.63) is 95.6 Å². The highest BCUT2D eigenvalue weighted by Crippen LogP contribution is 2.31. The van der Waals surface area contributed by atoms with Gasteiger partial charge in [0.05, 0.1) is 35.1 Å². The Labute approximate surface area is 230 Å². The number of morpholine rings is 1. The number of ether oxygens (including phenoxy) is 1. The normalized spacial score (nSPS) is 17.8. The van der Waals surface area contributed by atoms with Crippen molar-refractivity contribution in [2.75, 3.05) is 44.3 Å². The lowest BCUT2D eigenvalue weighted by Crippen LogP contribution is -2.43. The van der Waals surface area contributed by atoms with Gasteiger partial charge in [0.1, 0.15) is 0 Å². The van der Waals surface area contributed by atoms with Gasteiger partial charge in [-0.2, -0.15) is 0 Å². The van der Waals surface area contributed by atoms with Crippen LogP contribution in [0.15, 0.2) is 69.6 Å². The number of anilines is 1. The smallest absolute Gasteiger partial charge is 0.271 e. The van der Waals surface area contributed by atoms with Gasteiger partial charge in [-0.1, -0.05) is 47.2 Å². The van der Waals surface area contributed by atoms with E-state index < -0.39 is 6.04 Å². The number of amides is 1. The van der Waals surface area contributed by atoms with E-state index >= 15 is 0 Å². The van der Waals surface area contributed by atoms with Crippen LogP contribution in [0.4, 0.5) is 5.69 Å². The molecule has 3 aromatic rings. The summed E-state index contributed by atoms with van der Waals surface area (Å²) in [5.41, 5.74) is 3.88. The second kappa shape index (κ2) is 11.3. The highest BCUT2D eigenvalue weighted by atomic mass is 35.5. The maximum absolute atomic E-state index is 13.9. The number of aromatic nitrogens is 1. The summed E-state index contributed by atoms with van der Waals surface area (Å²) in [5, 5.41) is 0.596. The van der Waals surface area contributed by atoms with Crippen LogP contribution >= 0.6 is 22.9 Å². The molecule has 0 bridgehead atoms. The third-order valence-corrected chi connectivity index (χ3v) is 8.29. The van der Waals surface area contributed by atoms with Crippen molar-refractivity contribution >= 4 is 40.6 Å². The molecule has 2 aromatic carbocycles. The topological polar surface area (TPSA) is 67.1 Å². The second-order valence-corrected chi connectivity index (χ2v) is 10.7. The lowest BCUT2D eigenvalue weighted by Gasteiger charge is -2.29. The van der Waals surface area contributed by atoms with Gasteiger partial charge in [0.2, 0.25) is 0 Å². The SMILES string of the molecule is CCN(CC)C(=O)C1=C(C)N=c2s/c(=C\c3ccc(N4CCOCC4)cc3)c(=O)n2[C@H]1c1ccc(Cl)cc1. The van der Waals surface area contributed by atoms with Crippen LogP contribution in [0.25, 0.3) is 6.08 Å². The average molecular weight is 551 g/mol. The van der Waals surface area contributed by atoms with Gasteiger partial charge < -0.3 is 14.5 Å². The zero-order valence-corrected chi connectivity index (χ0v) is 23.4. The number of carbonyl (C=O) groups excluding carboxylic acids is 1. The van der Waals surface area contributed by atoms with Gasteiger partial charge in [0.15, 0.2) is 4.80 Å². The van der Waals surface area contributed by atoms with E-state index in [1.807, 2.05) is 51.1 Å². The number of halogens is 1. The number of likely N-dealkylation sites (N-methyl/N-ethyl adjacent to an activating group) is 1. The van der Waals surface area contributed by atoms with Gasteiger partial charge in [0, 0.05) is 36.9 Å². The maximum atomic E-state index is 13.9. The molecule has 1 amide bonds. The van der Waals surface area contributed by atoms with Crippen LogP contribution in [-0.4, -0.2) is 54.8 Å². The van der Waals surface area contributed by atoms with Gasteiger partial charge in [-0.3, -0.25) is 14.2 Å². The first-order chi connectivity index (χ1) is 18.4. The molecule has 3 heterocycles. The Morgan fingerprint density at radius 1 is 1.11 bits per heavy atom. The number of allylic oxidation sites excluding steroid dienone is 1. The Kier molecular flexibility index (Phi) is 7.83. The summed E-state index contributed by atoms with van der Waals surface area (Å²) < 4.78 is 7.69. The van der Waals surface area contributed by atoms with Crippen LogP contribution in [0.5, 0.6) is 0 Å². The first kappa shape index (κ1) is 26.4. The number of fused-ring (bicyclic) bond motifs is 1. The van der Waals surface area contributed by atoms with Crippen molar-refractivity contribution in [1.82, 2.24) is 9.47 Å². The summed E-state index contributed by atoms with van der Waals surface area (Å²) in [6, 6.07) is 15.0. The number of nitrogens with zero attached hydrogens (tertiary/aromatic N) is 4. The Morgan fingerprint density at radius 3 is 2.39 bits per heavy atom. The Bertz CT molecular complexity index is 1530. The van der Waals surface area contributed by atoms with Crippen molar-refractivity contribution < 1.29 is 9.53 Å². The maximum Gasteiger partial charge on any atom is 0.271 e. The van der Waals surface area contributed by atoms with Gasteiger partial charge in [-0.15, -0.1) is 0 Å². The average Bonchev–Trinajstić information content (AvgIpc) is 3.24. The van der Waals surface area contributed by atoms with Crippen molar-refractivity contribution in [3.8, 4) is 0 Å². The summed E-state index contributed by atoms with van der Waals surface area (Å²) in [6.07, 6.45) is 1.90. The molecule has 0 N–H and O–H groups in total. The fourth-order valence-electron chi connectivity index (χ4n) is 4.99. The third kappa shape index (κ3) is 5.08. The monoisotopic (exact) mass is 550 g/mol. The van der Waals surface area contributed by atoms with Crippen molar-refractivity contribution in [3.63, 3.8) is 0 Å². The molecule has 0 spiro atoms. The predicted molar refractivity (Wildman–Crippen MR) is 153 cm³/mol. The number of hydrogen-bond donors (Lipinski definition) is 0. The van der Waals surface area contributed by atoms with Crippen LogP contribution in [-0.2, 0) is 9.53 Å². The molecule has 5 rings (SSSR count). The van der Waals surface area contributed by atoms with E-state index in [0.29, 0.717) is 38.7 Å². The van der Waals surface area contributed by atoms with E-state index in [1.165, 1.54) is 11.3 Å². The van der Waals surface area contributed by atoms with Crippen LogP contribution in [0.2, 0.25) is 5.02 Å². The molecule has 1 aromatic heterocycles. The van der Waals surface area contributed by atoms with Crippen LogP contribution in [0.3, 0.4) is 0 Å². The molecular weight excluding hydrogens is 520 g/mol. The van der Waals surface area contributed by atoms with Crippen molar-refractivity contribution in [2.45, 2.75) is 26.8 Å². The van der Waals surface area contributed by atoms with Gasteiger partial charge in [0.25, 0.3) is 11.5 Å². The fourth-order valence-corrected chi connectivity index (χ4v) is 6.16. The number of benzene rings is 2. The Balaban J connectivity index is 1.59. The van der Waals surface area contributed by atoms with E-state index in [4.69, 9.17) is 21.3 Å². The number of thiazole rings is 1. The molecule has 0 unspecified atom stereocenters. The molecule has 0 aliphatic carbocycles. The van der Waals surface area contributed by atoms with Crippen molar-refractivity contribution in [2.24, 2.45) is 4.99 Å². The highest BCUT2D eigenvalue weighted by Gasteiger charge is 2.34. The van der Waals surface area contributed by atoms with E-state index in [-0.39, 0.29) is 11.5 Å². The Morgan fingerprint density at radius 2 is 1.76 bits per heavy atom. The molecule has 1 saturated heterocycles. The predicted octanol–water partition coefficient (Wildman–Crippen LogP) is 3.59. The second-order valence-electron chi connectivity index (χ2n) is 9.30. The molecular formula is C29H31ClN4O3S. The molecule has 0 radical (unpaired) electrons. The van der Waals surface area contributed by atoms with Crippen LogP contribution < -0.4 is 19.8 Å². The number of rotatable bonds is 6. The zero-order valence-electron chi connectivity index (χ0n) is 21.8. The molecule has 198 valence electrons. The lowest BCUT2D eigenvalue weighted by molar-refractivity contribution is -0.127. The first-order valence-electron chi connectivity index (χ1n) is 12.9. The van der Waals surface area contributed by atoms with Crippen LogP contribution in [0, 0.1) is 0 Å². The van der Waals surface area contributed by atoms with Gasteiger partial charge in [-0.05, 0) is 62.2 Å². The third-order valence-electron chi connectivity index (χ3n) is 7.06. The van der Waals surface area contributed by atoms with E-state index in [0.717, 1.165) is 43.1 Å². The molecule has 1 atom stereocenters. The molecule has 38 heavy (non-hydrogen) atoms. The molecule has 2 aliphatic heterocycles.